The number of halogens is 4. The number of phenols is 1. The molecule has 45 heavy (non-hydrogen) atoms. The van der Waals surface area contributed by atoms with E-state index < -0.39 is 50.1 Å². The predicted molar refractivity (Wildman–Crippen MR) is 169 cm³/mol. The van der Waals surface area contributed by atoms with Crippen LogP contribution in [-0.2, 0) is 18.9 Å². The van der Waals surface area contributed by atoms with E-state index in [0.717, 1.165) is 23.8 Å². The van der Waals surface area contributed by atoms with Crippen molar-refractivity contribution < 1.29 is 48.1 Å². The second kappa shape index (κ2) is 16.9. The number of anilines is 1. The van der Waals surface area contributed by atoms with Gasteiger partial charge in [0.1, 0.15) is 17.3 Å². The van der Waals surface area contributed by atoms with Gasteiger partial charge in [-0.05, 0) is 82.7 Å². The Hall–Kier alpha value is -3.27. The van der Waals surface area contributed by atoms with Crippen LogP contribution >= 0.6 is 51.1 Å². The van der Waals surface area contributed by atoms with Gasteiger partial charge < -0.3 is 24.7 Å². The number of carboxylic acid groups (broad SMARTS) is 1. The summed E-state index contributed by atoms with van der Waals surface area (Å²) in [5, 5.41) is 27.8. The molecule has 0 fully saturated rings. The minimum atomic E-state index is -4.10. The van der Waals surface area contributed by atoms with Crippen LogP contribution in [0.15, 0.2) is 44.4 Å². The van der Waals surface area contributed by atoms with Crippen molar-refractivity contribution in [3.05, 3.63) is 60.8 Å². The first-order valence-electron chi connectivity index (χ1n) is 12.8. The van der Waals surface area contributed by atoms with Gasteiger partial charge in [-0.3, -0.25) is 24.3 Å². The van der Waals surface area contributed by atoms with Crippen molar-refractivity contribution in [3.8, 4) is 29.9 Å². The Morgan fingerprint density at radius 2 is 1.71 bits per heavy atom. The number of rotatable bonds is 7. The smallest absolute Gasteiger partial charge is 0.339 e. The summed E-state index contributed by atoms with van der Waals surface area (Å²) < 4.78 is 30.9. The summed E-state index contributed by atoms with van der Waals surface area (Å²) >= 11 is 12.2. The van der Waals surface area contributed by atoms with E-state index >= 15 is 0 Å². The molecular weight excluding hydrogens is 768 g/mol. The van der Waals surface area contributed by atoms with Gasteiger partial charge in [0, 0.05) is 17.2 Å². The molecule has 4 rings (SSSR count). The molecule has 0 radical (unpaired) electrons. The third-order valence-electron chi connectivity index (χ3n) is 5.91. The van der Waals surface area contributed by atoms with E-state index in [9.17, 15) is 28.4 Å². The minimum Gasteiger partial charge on any atom is -0.506 e. The van der Waals surface area contributed by atoms with Gasteiger partial charge in [0.15, 0.2) is 6.10 Å². The van der Waals surface area contributed by atoms with Gasteiger partial charge in [-0.2, -0.15) is 5.26 Å². The molecule has 1 atom stereocenters. The molecule has 2 aromatic rings. The number of carboxylic acids is 1. The molecule has 0 aromatic heterocycles. The van der Waals surface area contributed by atoms with Crippen molar-refractivity contribution in [2.45, 2.75) is 38.7 Å². The zero-order chi connectivity index (χ0) is 34.1. The molecule has 240 valence electrons. The van der Waals surface area contributed by atoms with Gasteiger partial charge in [-0.25, -0.2) is 9.29 Å². The molecule has 1 aliphatic carbocycles. The first-order valence-corrected chi connectivity index (χ1v) is 16.5. The third kappa shape index (κ3) is 10.9. The number of hydrogen-bond acceptors (Lipinski definition) is 8. The maximum atomic E-state index is 14.4. The van der Waals surface area contributed by atoms with Crippen LogP contribution in [-0.4, -0.2) is 56.7 Å². The molecule has 17 heteroatoms. The highest BCUT2D eigenvalue weighted by molar-refractivity contribution is 9.11. The summed E-state index contributed by atoms with van der Waals surface area (Å²) in [6, 6.07) is 7.35. The number of imide groups is 1. The fraction of sp³-hybridized carbons (Fsp3) is 0.286. The van der Waals surface area contributed by atoms with Crippen molar-refractivity contribution in [1.82, 2.24) is 5.32 Å². The third-order valence-corrected chi connectivity index (χ3v) is 8.05. The number of phenolic OH excluding ortho intramolecular Hbond substituents is 1. The van der Waals surface area contributed by atoms with Crippen molar-refractivity contribution in [2.75, 3.05) is 17.7 Å². The summed E-state index contributed by atoms with van der Waals surface area (Å²) in [5.41, 5.74) is 1.31. The lowest BCUT2D eigenvalue weighted by Gasteiger charge is -2.19. The molecule has 1 aliphatic heterocycles. The monoisotopic (exact) mass is 791 g/mol. The molecule has 2 amide bonds. The van der Waals surface area contributed by atoms with Crippen molar-refractivity contribution in [3.63, 3.8) is 0 Å². The summed E-state index contributed by atoms with van der Waals surface area (Å²) in [7, 11) is -4.10. The molecule has 0 spiro atoms. The number of ether oxygens (including phenoxy) is 1. The predicted octanol–water partition coefficient (Wildman–Crippen LogP) is 5.21. The number of carbonyl (C=O) groups is 3. The van der Waals surface area contributed by atoms with Crippen LogP contribution in [0, 0.1) is 29.5 Å². The van der Waals surface area contributed by atoms with Gasteiger partial charge in [0.2, 0.25) is 0 Å². The highest BCUT2D eigenvalue weighted by atomic mass is 79.9. The normalized spacial score (nSPS) is 14.6. The molecule has 1 unspecified atom stereocenters. The lowest BCUT2D eigenvalue weighted by atomic mass is 9.93. The Morgan fingerprint density at radius 1 is 1.18 bits per heavy atom. The molecule has 2 aliphatic rings. The Bertz CT molecular complexity index is 1600. The number of amides is 2. The summed E-state index contributed by atoms with van der Waals surface area (Å²) in [6.45, 7) is 1.19. The average molecular weight is 794 g/mol. The molecule has 0 saturated carbocycles. The largest absolute Gasteiger partial charge is 0.506 e. The topological polar surface area (TPSA) is 197 Å². The van der Waals surface area contributed by atoms with E-state index in [1.807, 2.05) is 6.07 Å². The van der Waals surface area contributed by atoms with Crippen LogP contribution < -0.4 is 15.0 Å². The minimum absolute atomic E-state index is 0.0233. The molecule has 0 saturated heterocycles. The zero-order valence-electron chi connectivity index (χ0n) is 23.4. The Morgan fingerprint density at radius 3 is 2.16 bits per heavy atom. The lowest BCUT2D eigenvalue weighted by molar-refractivity contribution is -0.136. The molecule has 12 nitrogen and oxygen atoms in total. The van der Waals surface area contributed by atoms with Gasteiger partial charge in [0.05, 0.1) is 44.1 Å². The number of hydrogen-bond donors (Lipinski definition) is 5. The molecule has 1 heterocycles. The highest BCUT2D eigenvalue weighted by Crippen LogP contribution is 2.40. The fourth-order valence-corrected chi connectivity index (χ4v) is 5.69. The lowest BCUT2D eigenvalue weighted by Crippen LogP contribution is -2.32. The highest BCUT2D eigenvalue weighted by Gasteiger charge is 2.41. The number of aromatic hydroxyl groups is 1. The standard InChI is InChI=1S/C18H15ClFNO3.C7H3Br2NO.C3H8NO5P/c1-3-10(2)24-16-9-15(14(20)8-13(16)19)21-17(22)11-6-4-5-7-12(11)18(21)23;8-5-1-4(3-10)2-6(9)7(5)11;5-3(6)1-4-2-10(7,8)9/h1,8-10H,4-7H2,2H3;1-2,11H;4H,1-2H2,(H,5,6)(H2,7,8,9). The van der Waals surface area contributed by atoms with Crippen LogP contribution in [0.3, 0.4) is 0 Å². The van der Waals surface area contributed by atoms with Crippen LogP contribution in [0.25, 0.3) is 0 Å². The maximum absolute atomic E-state index is 14.4. The van der Waals surface area contributed by atoms with Crippen LogP contribution in [0.4, 0.5) is 10.1 Å². The number of carbonyl (C=O) groups excluding carboxylic acids is 2. The van der Waals surface area contributed by atoms with E-state index in [1.165, 1.54) is 6.07 Å². The molecule has 2 aromatic carbocycles. The molecule has 5 N–H and O–H groups in total. The zero-order valence-corrected chi connectivity index (χ0v) is 28.2. The SMILES string of the molecule is C#CC(C)Oc1cc(N2C(=O)C3=C(CCCC3)C2=O)c(F)cc1Cl.N#Cc1cc(Br)c(O)c(Br)c1.O=C(O)CNCP(=O)(O)O. The first-order chi connectivity index (χ1) is 21.0. The van der Waals surface area contributed by atoms with Crippen LogP contribution in [0.1, 0.15) is 38.2 Å². The first kappa shape index (κ1) is 37.9. The average Bonchev–Trinajstić information content (AvgIpc) is 3.22. The fourth-order valence-electron chi connectivity index (χ4n) is 3.90. The van der Waals surface area contributed by atoms with Gasteiger partial charge in [-0.1, -0.05) is 17.5 Å². The maximum Gasteiger partial charge on any atom is 0.339 e. The van der Waals surface area contributed by atoms with E-state index in [1.54, 1.807) is 19.1 Å². The Kier molecular flexibility index (Phi) is 14.2. The quantitative estimate of drug-likeness (QED) is 0.140. The van der Waals surface area contributed by atoms with Crippen LogP contribution in [0.2, 0.25) is 5.02 Å². The van der Waals surface area contributed by atoms with Gasteiger partial charge in [0.25, 0.3) is 11.8 Å². The van der Waals surface area contributed by atoms with Gasteiger partial charge in [-0.15, -0.1) is 6.42 Å². The number of benzene rings is 2. The Balaban J connectivity index is 0.000000279. The van der Waals surface area contributed by atoms with Gasteiger partial charge >= 0.3 is 13.6 Å². The van der Waals surface area contributed by atoms with Crippen molar-refractivity contribution in [1.29, 1.82) is 5.26 Å². The summed E-state index contributed by atoms with van der Waals surface area (Å²) in [6.07, 6.45) is 6.87. The van der Waals surface area contributed by atoms with E-state index in [-0.39, 0.29) is 22.2 Å². The second-order valence-electron chi connectivity index (χ2n) is 9.31. The van der Waals surface area contributed by atoms with E-state index in [4.69, 9.17) is 42.9 Å². The summed E-state index contributed by atoms with van der Waals surface area (Å²) in [5.74, 6) is -0.223. The van der Waals surface area contributed by atoms with Crippen molar-refractivity contribution >= 4 is 74.5 Å². The van der Waals surface area contributed by atoms with E-state index in [0.29, 0.717) is 38.5 Å². The second-order valence-corrected chi connectivity index (χ2v) is 13.1. The van der Waals surface area contributed by atoms with Crippen LogP contribution in [0.5, 0.6) is 11.5 Å². The summed E-state index contributed by atoms with van der Waals surface area (Å²) in [4.78, 5) is 52.1. The number of terminal acetylenes is 1. The van der Waals surface area contributed by atoms with Crippen molar-refractivity contribution in [2.24, 2.45) is 0 Å². The Labute approximate surface area is 279 Å². The molecular formula is C28H26Br2ClFN3O9P. The number of nitrogens with zero attached hydrogens (tertiary/aromatic N) is 2. The number of aliphatic carboxylic acids is 1. The number of nitrogens with one attached hydrogen (secondary N) is 1. The number of nitriles is 1. The molecule has 0 bridgehead atoms. The van der Waals surface area contributed by atoms with E-state index in [2.05, 4.69) is 43.1 Å².